The van der Waals surface area contributed by atoms with Crippen LogP contribution in [-0.4, -0.2) is 11.9 Å². The smallest absolute Gasteiger partial charge is 0.321 e. The summed E-state index contributed by atoms with van der Waals surface area (Å²) in [7, 11) is 0. The number of cyclic esters (lactones) is 2. The van der Waals surface area contributed by atoms with E-state index in [0.717, 1.165) is 12.8 Å². The van der Waals surface area contributed by atoms with Crippen LogP contribution in [-0.2, 0) is 14.3 Å². The summed E-state index contributed by atoms with van der Waals surface area (Å²) in [6, 6.07) is 0. The first-order chi connectivity index (χ1) is 7.27. The third-order valence-electron chi connectivity index (χ3n) is 4.03. The third kappa shape index (κ3) is 1.25. The minimum absolute atomic E-state index is 0.173. The Kier molecular flexibility index (Phi) is 1.94. The topological polar surface area (TPSA) is 43.4 Å². The molecule has 3 heteroatoms. The molecule has 0 spiro atoms. The van der Waals surface area contributed by atoms with Crippen molar-refractivity contribution in [2.24, 2.45) is 23.7 Å². The van der Waals surface area contributed by atoms with Crippen LogP contribution in [0.1, 0.15) is 25.7 Å². The minimum Gasteiger partial charge on any atom is -0.392 e. The summed E-state index contributed by atoms with van der Waals surface area (Å²) >= 11 is 0. The van der Waals surface area contributed by atoms with Crippen molar-refractivity contribution in [2.45, 2.75) is 25.7 Å². The van der Waals surface area contributed by atoms with Gasteiger partial charge in [-0.1, -0.05) is 25.0 Å². The molecular formula is C12H14O3. The molecule has 0 aromatic rings. The molecule has 0 radical (unpaired) electrons. The molecule has 2 aliphatic carbocycles. The number of esters is 2. The Morgan fingerprint density at radius 3 is 2.73 bits per heavy atom. The summed E-state index contributed by atoms with van der Waals surface area (Å²) in [5.41, 5.74) is 0. The van der Waals surface area contributed by atoms with E-state index in [-0.39, 0.29) is 23.8 Å². The molecule has 1 saturated heterocycles. The standard InChI is InChI=1S/C12H14O3/c13-11-9-6-5-7-3-1-2-4-8(7)10(9)12(14)15-11/h5-10H,1-4H2. The fraction of sp³-hybridized carbons (Fsp3) is 0.667. The monoisotopic (exact) mass is 206 g/mol. The van der Waals surface area contributed by atoms with Gasteiger partial charge < -0.3 is 4.74 Å². The highest BCUT2D eigenvalue weighted by Crippen LogP contribution is 2.46. The first-order valence-electron chi connectivity index (χ1n) is 5.71. The fourth-order valence-electron chi connectivity index (χ4n) is 3.30. The maximum atomic E-state index is 11.6. The predicted octanol–water partition coefficient (Wildman–Crippen LogP) is 1.68. The number of hydrogen-bond donors (Lipinski definition) is 0. The van der Waals surface area contributed by atoms with E-state index in [4.69, 9.17) is 4.74 Å². The lowest BCUT2D eigenvalue weighted by Gasteiger charge is -2.36. The molecule has 2 fully saturated rings. The number of carbonyl (C=O) groups excluding carboxylic acids is 2. The quantitative estimate of drug-likeness (QED) is 0.344. The Labute approximate surface area is 88.5 Å². The Balaban J connectivity index is 1.95. The van der Waals surface area contributed by atoms with Crippen molar-refractivity contribution in [1.82, 2.24) is 0 Å². The number of rotatable bonds is 0. The molecule has 3 aliphatic rings. The lowest BCUT2D eigenvalue weighted by Crippen LogP contribution is -2.35. The molecule has 0 aromatic carbocycles. The molecule has 1 heterocycles. The van der Waals surface area contributed by atoms with E-state index in [0.29, 0.717) is 11.8 Å². The second-order valence-electron chi connectivity index (χ2n) is 4.79. The van der Waals surface area contributed by atoms with Gasteiger partial charge in [0.15, 0.2) is 0 Å². The van der Waals surface area contributed by atoms with E-state index in [1.165, 1.54) is 12.8 Å². The first-order valence-corrected chi connectivity index (χ1v) is 5.71. The van der Waals surface area contributed by atoms with Crippen molar-refractivity contribution >= 4 is 11.9 Å². The predicted molar refractivity (Wildman–Crippen MR) is 52.7 cm³/mol. The molecule has 4 atom stereocenters. The van der Waals surface area contributed by atoms with Crippen molar-refractivity contribution in [3.63, 3.8) is 0 Å². The third-order valence-corrected chi connectivity index (χ3v) is 4.03. The molecule has 0 aromatic heterocycles. The van der Waals surface area contributed by atoms with Gasteiger partial charge in [-0.25, -0.2) is 0 Å². The van der Waals surface area contributed by atoms with Crippen molar-refractivity contribution in [3.05, 3.63) is 12.2 Å². The Bertz CT molecular complexity index is 345. The van der Waals surface area contributed by atoms with Gasteiger partial charge in [-0.05, 0) is 24.7 Å². The van der Waals surface area contributed by atoms with Gasteiger partial charge in [-0.2, -0.15) is 0 Å². The van der Waals surface area contributed by atoms with Crippen LogP contribution in [0.5, 0.6) is 0 Å². The van der Waals surface area contributed by atoms with Gasteiger partial charge in [0, 0.05) is 0 Å². The van der Waals surface area contributed by atoms with Gasteiger partial charge in [-0.3, -0.25) is 9.59 Å². The lowest BCUT2D eigenvalue weighted by molar-refractivity contribution is -0.154. The zero-order valence-electron chi connectivity index (χ0n) is 8.52. The van der Waals surface area contributed by atoms with E-state index in [9.17, 15) is 9.59 Å². The van der Waals surface area contributed by atoms with Crippen LogP contribution in [0.3, 0.4) is 0 Å². The highest BCUT2D eigenvalue weighted by molar-refractivity contribution is 5.98. The number of allylic oxidation sites excluding steroid dienone is 1. The van der Waals surface area contributed by atoms with Gasteiger partial charge in [0.25, 0.3) is 0 Å². The van der Waals surface area contributed by atoms with Crippen LogP contribution in [0.4, 0.5) is 0 Å². The van der Waals surface area contributed by atoms with Crippen LogP contribution < -0.4 is 0 Å². The minimum atomic E-state index is -0.342. The summed E-state index contributed by atoms with van der Waals surface area (Å²) < 4.78 is 4.73. The molecule has 1 aliphatic heterocycles. The number of ether oxygens (including phenoxy) is 1. The van der Waals surface area contributed by atoms with E-state index < -0.39 is 0 Å². The van der Waals surface area contributed by atoms with Gasteiger partial charge in [0.2, 0.25) is 0 Å². The van der Waals surface area contributed by atoms with Crippen LogP contribution in [0.2, 0.25) is 0 Å². The molecular weight excluding hydrogens is 192 g/mol. The van der Waals surface area contributed by atoms with E-state index in [1.54, 1.807) is 0 Å². The van der Waals surface area contributed by atoms with Crippen molar-refractivity contribution in [3.8, 4) is 0 Å². The molecule has 80 valence electrons. The Morgan fingerprint density at radius 1 is 1.07 bits per heavy atom. The van der Waals surface area contributed by atoms with Gasteiger partial charge in [-0.15, -0.1) is 0 Å². The maximum absolute atomic E-state index is 11.6. The number of hydrogen-bond acceptors (Lipinski definition) is 3. The van der Waals surface area contributed by atoms with Gasteiger partial charge in [0.1, 0.15) is 0 Å². The Morgan fingerprint density at radius 2 is 1.87 bits per heavy atom. The number of carbonyl (C=O) groups is 2. The summed E-state index contributed by atoms with van der Waals surface area (Å²) in [6.45, 7) is 0. The van der Waals surface area contributed by atoms with Gasteiger partial charge >= 0.3 is 11.9 Å². The van der Waals surface area contributed by atoms with Crippen molar-refractivity contribution in [2.75, 3.05) is 0 Å². The van der Waals surface area contributed by atoms with Crippen molar-refractivity contribution in [1.29, 1.82) is 0 Å². The highest BCUT2D eigenvalue weighted by Gasteiger charge is 2.51. The van der Waals surface area contributed by atoms with Crippen LogP contribution >= 0.6 is 0 Å². The highest BCUT2D eigenvalue weighted by atomic mass is 16.6. The molecule has 0 N–H and O–H groups in total. The first kappa shape index (κ1) is 9.13. The molecule has 0 bridgehead atoms. The average Bonchev–Trinajstić information content (AvgIpc) is 2.55. The van der Waals surface area contributed by atoms with E-state index in [2.05, 4.69) is 6.08 Å². The summed E-state index contributed by atoms with van der Waals surface area (Å²) in [5, 5.41) is 0. The zero-order valence-corrected chi connectivity index (χ0v) is 8.52. The molecule has 15 heavy (non-hydrogen) atoms. The second kappa shape index (κ2) is 3.19. The normalized spacial score (nSPS) is 43.5. The summed E-state index contributed by atoms with van der Waals surface area (Å²) in [6.07, 6.45) is 8.67. The summed E-state index contributed by atoms with van der Waals surface area (Å²) in [5.74, 6) is -0.229. The lowest BCUT2D eigenvalue weighted by atomic mass is 9.65. The molecule has 1 saturated carbocycles. The Hall–Kier alpha value is -1.12. The SMILES string of the molecule is O=C1OC(=O)C2C1C=CC1CCCCC12. The maximum Gasteiger partial charge on any atom is 0.321 e. The van der Waals surface area contributed by atoms with Crippen LogP contribution in [0.15, 0.2) is 12.2 Å². The zero-order chi connectivity index (χ0) is 10.4. The summed E-state index contributed by atoms with van der Waals surface area (Å²) in [4.78, 5) is 23.0. The van der Waals surface area contributed by atoms with E-state index >= 15 is 0 Å². The average molecular weight is 206 g/mol. The second-order valence-corrected chi connectivity index (χ2v) is 4.79. The fourth-order valence-corrected chi connectivity index (χ4v) is 3.30. The van der Waals surface area contributed by atoms with E-state index in [1.807, 2.05) is 6.08 Å². The molecule has 3 nitrogen and oxygen atoms in total. The van der Waals surface area contributed by atoms with Crippen LogP contribution in [0, 0.1) is 23.7 Å². The molecule has 0 amide bonds. The molecule has 3 rings (SSSR count). The molecule has 4 unspecified atom stereocenters. The van der Waals surface area contributed by atoms with Crippen LogP contribution in [0.25, 0.3) is 0 Å². The van der Waals surface area contributed by atoms with Gasteiger partial charge in [0.05, 0.1) is 11.8 Å². The van der Waals surface area contributed by atoms with Crippen molar-refractivity contribution < 1.29 is 14.3 Å². The number of fused-ring (bicyclic) bond motifs is 3. The largest absolute Gasteiger partial charge is 0.392 e.